The quantitative estimate of drug-likeness (QED) is 0.822. The first kappa shape index (κ1) is 11.4. The summed E-state index contributed by atoms with van der Waals surface area (Å²) in [5.74, 6) is -0.884. The molecule has 0 spiro atoms. The van der Waals surface area contributed by atoms with Crippen LogP contribution in [0.3, 0.4) is 0 Å². The van der Waals surface area contributed by atoms with E-state index in [1.165, 1.54) is 0 Å². The van der Waals surface area contributed by atoms with E-state index < -0.39 is 12.0 Å². The molecule has 1 unspecified atom stereocenters. The molecular weight excluding hydrogens is 218 g/mol. The zero-order chi connectivity index (χ0) is 12.4. The van der Waals surface area contributed by atoms with Crippen LogP contribution < -0.4 is 0 Å². The maximum absolute atomic E-state index is 11.2. The Bertz CT molecular complexity index is 571. The van der Waals surface area contributed by atoms with Crippen LogP contribution in [-0.4, -0.2) is 21.9 Å². The van der Waals surface area contributed by atoms with Gasteiger partial charge in [-0.15, -0.1) is 0 Å². The molecule has 0 amide bonds. The van der Waals surface area contributed by atoms with Gasteiger partial charge in [-0.25, -0.2) is 4.79 Å². The minimum atomic E-state index is -0.884. The smallest absolute Gasteiger partial charge is 0.326 e. The maximum atomic E-state index is 11.2. The summed E-state index contributed by atoms with van der Waals surface area (Å²) >= 11 is 0. The lowest BCUT2D eigenvalue weighted by atomic mass is 10.2. The van der Waals surface area contributed by atoms with Gasteiger partial charge in [-0.3, -0.25) is 4.79 Å². The third-order valence-electron chi connectivity index (χ3n) is 2.91. The molecule has 2 aromatic rings. The number of rotatable bonds is 4. The summed E-state index contributed by atoms with van der Waals surface area (Å²) in [6.07, 6.45) is 2.85. The SMILES string of the molecule is CCC(C(=O)O)n1cc(C=O)c2ccccc21. The molecule has 0 fully saturated rings. The highest BCUT2D eigenvalue weighted by Crippen LogP contribution is 2.25. The van der Waals surface area contributed by atoms with Gasteiger partial charge in [0.25, 0.3) is 0 Å². The van der Waals surface area contributed by atoms with E-state index in [0.29, 0.717) is 12.0 Å². The molecule has 1 aromatic carbocycles. The Balaban J connectivity index is 2.69. The van der Waals surface area contributed by atoms with Gasteiger partial charge in [-0.2, -0.15) is 0 Å². The first-order valence-corrected chi connectivity index (χ1v) is 5.46. The minimum absolute atomic E-state index is 0.478. The Hall–Kier alpha value is -2.10. The van der Waals surface area contributed by atoms with Crippen LogP contribution >= 0.6 is 0 Å². The van der Waals surface area contributed by atoms with Crippen LogP contribution in [0.25, 0.3) is 10.9 Å². The largest absolute Gasteiger partial charge is 0.480 e. The lowest BCUT2D eigenvalue weighted by Crippen LogP contribution is -2.17. The number of para-hydroxylation sites is 1. The van der Waals surface area contributed by atoms with Crippen molar-refractivity contribution in [2.75, 3.05) is 0 Å². The van der Waals surface area contributed by atoms with Gasteiger partial charge in [-0.1, -0.05) is 25.1 Å². The number of fused-ring (bicyclic) bond motifs is 1. The first-order valence-electron chi connectivity index (χ1n) is 5.46. The van der Waals surface area contributed by atoms with Gasteiger partial charge in [0.1, 0.15) is 6.04 Å². The third-order valence-corrected chi connectivity index (χ3v) is 2.91. The average Bonchev–Trinajstić information content (AvgIpc) is 2.69. The van der Waals surface area contributed by atoms with E-state index in [-0.39, 0.29) is 0 Å². The van der Waals surface area contributed by atoms with E-state index in [0.717, 1.165) is 17.2 Å². The van der Waals surface area contributed by atoms with Crippen molar-refractivity contribution in [3.63, 3.8) is 0 Å². The summed E-state index contributed by atoms with van der Waals surface area (Å²) < 4.78 is 1.65. The van der Waals surface area contributed by atoms with E-state index in [4.69, 9.17) is 5.11 Å². The highest BCUT2D eigenvalue weighted by atomic mass is 16.4. The fourth-order valence-electron chi connectivity index (χ4n) is 2.07. The van der Waals surface area contributed by atoms with E-state index in [2.05, 4.69) is 0 Å². The summed E-state index contributed by atoms with van der Waals surface area (Å²) in [5, 5.41) is 9.95. The molecule has 0 radical (unpaired) electrons. The van der Waals surface area contributed by atoms with E-state index in [1.54, 1.807) is 10.8 Å². The van der Waals surface area contributed by atoms with E-state index in [9.17, 15) is 9.59 Å². The van der Waals surface area contributed by atoms with Crippen molar-refractivity contribution in [1.29, 1.82) is 0 Å². The molecule has 4 heteroatoms. The molecule has 0 bridgehead atoms. The topological polar surface area (TPSA) is 59.3 Å². The van der Waals surface area contributed by atoms with E-state index in [1.807, 2.05) is 31.2 Å². The normalized spacial score (nSPS) is 12.5. The Kier molecular flexibility index (Phi) is 2.95. The van der Waals surface area contributed by atoms with Gasteiger partial charge >= 0.3 is 5.97 Å². The number of carboxylic acid groups (broad SMARTS) is 1. The number of hydrogen-bond donors (Lipinski definition) is 1. The van der Waals surface area contributed by atoms with Gasteiger partial charge in [0.15, 0.2) is 6.29 Å². The monoisotopic (exact) mass is 231 g/mol. The fraction of sp³-hybridized carbons (Fsp3) is 0.231. The zero-order valence-electron chi connectivity index (χ0n) is 9.46. The number of carboxylic acids is 1. The minimum Gasteiger partial charge on any atom is -0.480 e. The predicted octanol–water partition coefficient (Wildman–Crippen LogP) is 2.49. The molecule has 0 saturated carbocycles. The Morgan fingerprint density at radius 2 is 2.18 bits per heavy atom. The number of hydrogen-bond acceptors (Lipinski definition) is 2. The summed E-state index contributed by atoms with van der Waals surface area (Å²) in [6.45, 7) is 1.81. The second-order valence-electron chi connectivity index (χ2n) is 3.89. The third kappa shape index (κ3) is 1.82. The second-order valence-corrected chi connectivity index (χ2v) is 3.89. The number of carbonyl (C=O) groups is 2. The number of carbonyl (C=O) groups excluding carboxylic acids is 1. The predicted molar refractivity (Wildman–Crippen MR) is 64.3 cm³/mol. The van der Waals surface area contributed by atoms with Gasteiger partial charge in [0, 0.05) is 22.7 Å². The summed E-state index contributed by atoms with van der Waals surface area (Å²) in [5.41, 5.74) is 1.31. The summed E-state index contributed by atoms with van der Waals surface area (Å²) in [4.78, 5) is 22.1. The molecule has 1 N–H and O–H groups in total. The van der Waals surface area contributed by atoms with Crippen LogP contribution in [0.4, 0.5) is 0 Å². The van der Waals surface area contributed by atoms with Crippen LogP contribution in [0.2, 0.25) is 0 Å². The molecule has 0 aliphatic carbocycles. The van der Waals surface area contributed by atoms with Crippen molar-refractivity contribution in [3.05, 3.63) is 36.0 Å². The summed E-state index contributed by atoms with van der Waals surface area (Å²) in [7, 11) is 0. The zero-order valence-corrected chi connectivity index (χ0v) is 9.46. The van der Waals surface area contributed by atoms with Crippen LogP contribution in [0, 0.1) is 0 Å². The molecule has 0 aliphatic rings. The van der Waals surface area contributed by atoms with Crippen molar-refractivity contribution in [2.24, 2.45) is 0 Å². The van der Waals surface area contributed by atoms with Crippen molar-refractivity contribution in [3.8, 4) is 0 Å². The van der Waals surface area contributed by atoms with Gasteiger partial charge in [-0.05, 0) is 12.5 Å². The van der Waals surface area contributed by atoms with Crippen LogP contribution in [0.1, 0.15) is 29.7 Å². The highest BCUT2D eigenvalue weighted by molar-refractivity contribution is 5.98. The Morgan fingerprint density at radius 3 is 2.76 bits per heavy atom. The number of aliphatic carboxylic acids is 1. The number of benzene rings is 1. The lowest BCUT2D eigenvalue weighted by Gasteiger charge is -2.13. The maximum Gasteiger partial charge on any atom is 0.326 e. The van der Waals surface area contributed by atoms with Crippen LogP contribution in [0.15, 0.2) is 30.5 Å². The molecule has 0 saturated heterocycles. The Labute approximate surface area is 98.5 Å². The van der Waals surface area contributed by atoms with E-state index >= 15 is 0 Å². The molecule has 1 aromatic heterocycles. The van der Waals surface area contributed by atoms with Crippen molar-refractivity contribution in [2.45, 2.75) is 19.4 Å². The Morgan fingerprint density at radius 1 is 1.47 bits per heavy atom. The second kappa shape index (κ2) is 4.41. The molecule has 1 atom stereocenters. The molecule has 0 aliphatic heterocycles. The van der Waals surface area contributed by atoms with Crippen molar-refractivity contribution < 1.29 is 14.7 Å². The van der Waals surface area contributed by atoms with Gasteiger partial charge < -0.3 is 9.67 Å². The van der Waals surface area contributed by atoms with Crippen molar-refractivity contribution in [1.82, 2.24) is 4.57 Å². The molecular formula is C13H13NO3. The number of nitrogens with zero attached hydrogens (tertiary/aromatic N) is 1. The number of aldehydes is 1. The molecule has 1 heterocycles. The van der Waals surface area contributed by atoms with Crippen molar-refractivity contribution >= 4 is 23.2 Å². The fourth-order valence-corrected chi connectivity index (χ4v) is 2.07. The average molecular weight is 231 g/mol. The lowest BCUT2D eigenvalue weighted by molar-refractivity contribution is -0.140. The molecule has 17 heavy (non-hydrogen) atoms. The van der Waals surface area contributed by atoms with Crippen LogP contribution in [0.5, 0.6) is 0 Å². The standard InChI is InChI=1S/C13H13NO3/c1-2-11(13(16)17)14-7-9(8-15)10-5-3-4-6-12(10)14/h3-8,11H,2H2,1H3,(H,16,17). The molecule has 2 rings (SSSR count). The highest BCUT2D eigenvalue weighted by Gasteiger charge is 2.20. The molecule has 4 nitrogen and oxygen atoms in total. The van der Waals surface area contributed by atoms with Gasteiger partial charge in [0.2, 0.25) is 0 Å². The molecule has 88 valence electrons. The summed E-state index contributed by atoms with van der Waals surface area (Å²) in [6, 6.07) is 6.69. The first-order chi connectivity index (χ1) is 8.19. The number of aromatic nitrogens is 1. The van der Waals surface area contributed by atoms with Crippen LogP contribution in [-0.2, 0) is 4.79 Å². The van der Waals surface area contributed by atoms with Gasteiger partial charge in [0.05, 0.1) is 0 Å².